The summed E-state index contributed by atoms with van der Waals surface area (Å²) in [6, 6.07) is 10.4. The summed E-state index contributed by atoms with van der Waals surface area (Å²) in [6.07, 6.45) is 2.13. The van der Waals surface area contributed by atoms with Crippen molar-refractivity contribution >= 4 is 12.3 Å². The molecule has 2 aromatic rings. The lowest BCUT2D eigenvalue weighted by molar-refractivity contribution is -0.143. The van der Waals surface area contributed by atoms with E-state index in [-0.39, 0.29) is 0 Å². The molecule has 1 aromatic heterocycles. The summed E-state index contributed by atoms with van der Waals surface area (Å²) in [6.45, 7) is 1.87. The van der Waals surface area contributed by atoms with E-state index < -0.39 is 11.9 Å². The Kier molecular flexibility index (Phi) is 4.66. The number of hydrogen-bond donors (Lipinski definition) is 0. The molecule has 0 aliphatic carbocycles. The number of rotatable bonds is 5. The van der Waals surface area contributed by atoms with Crippen molar-refractivity contribution < 1.29 is 19.1 Å². The first kappa shape index (κ1) is 14.7. The number of nitrogens with zero attached hydrogens (tertiary/aromatic N) is 1. The molecule has 0 saturated heterocycles. The van der Waals surface area contributed by atoms with E-state index in [1.54, 1.807) is 36.5 Å². The molecule has 0 aliphatic heterocycles. The highest BCUT2D eigenvalue weighted by atomic mass is 16.5. The van der Waals surface area contributed by atoms with E-state index in [2.05, 4.69) is 9.72 Å². The van der Waals surface area contributed by atoms with Gasteiger partial charge in [0.15, 0.2) is 0 Å². The summed E-state index contributed by atoms with van der Waals surface area (Å²) in [7, 11) is 1.24. The van der Waals surface area contributed by atoms with Crippen LogP contribution in [0.25, 0.3) is 0 Å². The molecule has 0 N–H and O–H groups in total. The Hall–Kier alpha value is -2.69. The summed E-state index contributed by atoms with van der Waals surface area (Å²) >= 11 is 0. The number of methoxy groups -OCH3 is 1. The number of para-hydroxylation sites is 1. The van der Waals surface area contributed by atoms with Gasteiger partial charge in [0.2, 0.25) is 0 Å². The van der Waals surface area contributed by atoms with Crippen molar-refractivity contribution in [2.45, 2.75) is 12.8 Å². The predicted molar refractivity (Wildman–Crippen MR) is 76.3 cm³/mol. The quantitative estimate of drug-likeness (QED) is 0.480. The van der Waals surface area contributed by atoms with Crippen molar-refractivity contribution in [3.8, 4) is 11.5 Å². The Bertz CT molecular complexity index is 637. The fourth-order valence-corrected chi connectivity index (χ4v) is 1.85. The lowest BCUT2D eigenvalue weighted by Gasteiger charge is -2.14. The molecule has 0 bridgehead atoms. The Labute approximate surface area is 122 Å². The summed E-state index contributed by atoms with van der Waals surface area (Å²) in [5.41, 5.74) is 1.33. The summed E-state index contributed by atoms with van der Waals surface area (Å²) in [5, 5.41) is 0. The number of aryl methyl sites for hydroxylation is 1. The lowest BCUT2D eigenvalue weighted by Crippen LogP contribution is -2.16. The summed E-state index contributed by atoms with van der Waals surface area (Å²) < 4.78 is 10.4. The first-order valence-corrected chi connectivity index (χ1v) is 6.38. The molecule has 1 aromatic carbocycles. The minimum atomic E-state index is -1.01. The average Bonchev–Trinajstić information content (AvgIpc) is 2.51. The summed E-state index contributed by atoms with van der Waals surface area (Å²) in [4.78, 5) is 27.0. The van der Waals surface area contributed by atoms with Crippen LogP contribution in [0.5, 0.6) is 11.5 Å². The fraction of sp³-hybridized carbons (Fsp3) is 0.188. The second-order valence-corrected chi connectivity index (χ2v) is 4.41. The Morgan fingerprint density at radius 3 is 2.62 bits per heavy atom. The third-order valence-corrected chi connectivity index (χ3v) is 2.96. The topological polar surface area (TPSA) is 65.5 Å². The Balaban J connectivity index is 2.34. The fourth-order valence-electron chi connectivity index (χ4n) is 1.85. The highest BCUT2D eigenvalue weighted by Crippen LogP contribution is 2.30. The molecule has 5 nitrogen and oxygen atoms in total. The first-order chi connectivity index (χ1) is 10.2. The van der Waals surface area contributed by atoms with E-state index in [0.29, 0.717) is 23.3 Å². The third-order valence-electron chi connectivity index (χ3n) is 2.96. The van der Waals surface area contributed by atoms with Gasteiger partial charge >= 0.3 is 5.97 Å². The van der Waals surface area contributed by atoms with Crippen molar-refractivity contribution in [2.24, 2.45) is 0 Å². The number of benzene rings is 1. The minimum Gasteiger partial charge on any atom is -0.468 e. The molecule has 21 heavy (non-hydrogen) atoms. The van der Waals surface area contributed by atoms with Gasteiger partial charge < -0.3 is 14.3 Å². The van der Waals surface area contributed by atoms with E-state index in [0.717, 1.165) is 5.69 Å². The SMILES string of the molecule is COC(=O)C(C=O)c1ccccc1Oc1ccc(C)nc1. The Morgan fingerprint density at radius 2 is 2.00 bits per heavy atom. The smallest absolute Gasteiger partial charge is 0.320 e. The van der Waals surface area contributed by atoms with Crippen molar-refractivity contribution in [1.29, 1.82) is 0 Å². The summed E-state index contributed by atoms with van der Waals surface area (Å²) in [5.74, 6) is -0.680. The van der Waals surface area contributed by atoms with Gasteiger partial charge in [-0.1, -0.05) is 18.2 Å². The second kappa shape index (κ2) is 6.65. The molecular weight excluding hydrogens is 270 g/mol. The molecule has 1 heterocycles. The number of aromatic nitrogens is 1. The van der Waals surface area contributed by atoms with E-state index >= 15 is 0 Å². The number of pyridine rings is 1. The highest BCUT2D eigenvalue weighted by molar-refractivity contribution is 5.94. The normalized spacial score (nSPS) is 11.5. The van der Waals surface area contributed by atoms with Crippen molar-refractivity contribution in [3.05, 3.63) is 53.9 Å². The number of ether oxygens (including phenoxy) is 2. The molecule has 0 radical (unpaired) electrons. The largest absolute Gasteiger partial charge is 0.468 e. The standard InChI is InChI=1S/C16H15NO4/c1-11-7-8-12(9-17-11)21-15-6-4-3-5-13(15)14(10-18)16(19)20-2/h3-10,14H,1-2H3. The van der Waals surface area contributed by atoms with Gasteiger partial charge in [0.05, 0.1) is 13.3 Å². The Morgan fingerprint density at radius 1 is 1.24 bits per heavy atom. The zero-order chi connectivity index (χ0) is 15.2. The van der Waals surface area contributed by atoms with Crippen molar-refractivity contribution in [1.82, 2.24) is 4.98 Å². The van der Waals surface area contributed by atoms with Crippen LogP contribution >= 0.6 is 0 Å². The number of carbonyl (C=O) groups excluding carboxylic acids is 2. The molecule has 0 aliphatic rings. The highest BCUT2D eigenvalue weighted by Gasteiger charge is 2.24. The number of esters is 1. The monoisotopic (exact) mass is 285 g/mol. The van der Waals surface area contributed by atoms with Crippen LogP contribution in [0.4, 0.5) is 0 Å². The first-order valence-electron chi connectivity index (χ1n) is 6.38. The number of hydrogen-bond acceptors (Lipinski definition) is 5. The molecule has 108 valence electrons. The second-order valence-electron chi connectivity index (χ2n) is 4.41. The van der Waals surface area contributed by atoms with Crippen LogP contribution in [0.1, 0.15) is 17.2 Å². The average molecular weight is 285 g/mol. The van der Waals surface area contributed by atoms with Gasteiger partial charge in [0.1, 0.15) is 23.7 Å². The maximum atomic E-state index is 11.7. The molecule has 0 spiro atoms. The van der Waals surface area contributed by atoms with E-state index in [4.69, 9.17) is 4.74 Å². The molecule has 0 amide bonds. The van der Waals surface area contributed by atoms with Crippen LogP contribution in [0, 0.1) is 6.92 Å². The lowest BCUT2D eigenvalue weighted by atomic mass is 10.00. The third kappa shape index (κ3) is 3.45. The van der Waals surface area contributed by atoms with Gasteiger partial charge in [-0.2, -0.15) is 0 Å². The van der Waals surface area contributed by atoms with Crippen LogP contribution in [-0.4, -0.2) is 24.3 Å². The van der Waals surface area contributed by atoms with E-state index in [9.17, 15) is 9.59 Å². The van der Waals surface area contributed by atoms with Gasteiger partial charge in [-0.25, -0.2) is 0 Å². The molecule has 0 fully saturated rings. The molecule has 0 saturated carbocycles. The van der Waals surface area contributed by atoms with Crippen LogP contribution in [0.3, 0.4) is 0 Å². The van der Waals surface area contributed by atoms with Crippen molar-refractivity contribution in [3.63, 3.8) is 0 Å². The van der Waals surface area contributed by atoms with Crippen LogP contribution in [-0.2, 0) is 14.3 Å². The zero-order valence-electron chi connectivity index (χ0n) is 11.8. The van der Waals surface area contributed by atoms with Gasteiger partial charge in [-0.05, 0) is 25.1 Å². The van der Waals surface area contributed by atoms with Gasteiger partial charge in [0.25, 0.3) is 0 Å². The van der Waals surface area contributed by atoms with Gasteiger partial charge in [0, 0.05) is 11.3 Å². The van der Waals surface area contributed by atoms with Crippen LogP contribution in [0.15, 0.2) is 42.6 Å². The molecule has 1 unspecified atom stereocenters. The molecular formula is C16H15NO4. The number of aldehydes is 1. The zero-order valence-corrected chi connectivity index (χ0v) is 11.8. The maximum absolute atomic E-state index is 11.7. The van der Waals surface area contributed by atoms with Gasteiger partial charge in [-0.15, -0.1) is 0 Å². The predicted octanol–water partition coefficient (Wildman–Crippen LogP) is 2.64. The van der Waals surface area contributed by atoms with Crippen LogP contribution < -0.4 is 4.74 Å². The molecule has 5 heteroatoms. The van der Waals surface area contributed by atoms with Crippen LogP contribution in [0.2, 0.25) is 0 Å². The maximum Gasteiger partial charge on any atom is 0.320 e. The molecule has 1 atom stereocenters. The number of carbonyl (C=O) groups is 2. The molecule has 2 rings (SSSR count). The van der Waals surface area contributed by atoms with E-state index in [1.807, 2.05) is 13.0 Å². The van der Waals surface area contributed by atoms with E-state index in [1.165, 1.54) is 7.11 Å². The van der Waals surface area contributed by atoms with Gasteiger partial charge in [-0.3, -0.25) is 9.78 Å². The minimum absolute atomic E-state index is 0.422. The van der Waals surface area contributed by atoms with Crippen molar-refractivity contribution in [2.75, 3.05) is 7.11 Å².